The number of likely N-dealkylation sites (N-methyl/N-ethyl adjacent to an activating group) is 1. The zero-order chi connectivity index (χ0) is 27.9. The van der Waals surface area contributed by atoms with Crippen LogP contribution in [0.15, 0.2) is 78.9 Å². The Hall–Kier alpha value is -3.36. The topological polar surface area (TPSA) is 86.8 Å². The van der Waals surface area contributed by atoms with Crippen LogP contribution in [0.5, 0.6) is 0 Å². The van der Waals surface area contributed by atoms with Crippen molar-refractivity contribution in [1.82, 2.24) is 10.2 Å². The Morgan fingerprint density at radius 2 is 1.53 bits per heavy atom. The zero-order valence-corrected chi connectivity index (χ0v) is 23.7. The third-order valence-corrected chi connectivity index (χ3v) is 7.85. The van der Waals surface area contributed by atoms with Crippen LogP contribution in [0.3, 0.4) is 0 Å². The van der Waals surface area contributed by atoms with Crippen LogP contribution >= 0.6 is 11.6 Å². The van der Waals surface area contributed by atoms with Crippen molar-refractivity contribution in [3.63, 3.8) is 0 Å². The number of amides is 2. The Bertz CT molecular complexity index is 1350. The van der Waals surface area contributed by atoms with E-state index in [1.165, 1.54) is 11.9 Å². The molecule has 0 aromatic heterocycles. The highest BCUT2D eigenvalue weighted by molar-refractivity contribution is 7.92. The molecule has 1 N–H and O–H groups in total. The molecule has 7 nitrogen and oxygen atoms in total. The fraction of sp³-hybridized carbons (Fsp3) is 0.310. The fourth-order valence-corrected chi connectivity index (χ4v) is 5.22. The van der Waals surface area contributed by atoms with E-state index in [-0.39, 0.29) is 24.8 Å². The molecule has 3 rings (SSSR count). The second-order valence-corrected chi connectivity index (χ2v) is 11.8. The first-order valence-corrected chi connectivity index (χ1v) is 14.6. The molecule has 0 radical (unpaired) electrons. The normalized spacial score (nSPS) is 12.2. The van der Waals surface area contributed by atoms with Gasteiger partial charge in [0.1, 0.15) is 12.6 Å². The van der Waals surface area contributed by atoms with E-state index in [0.29, 0.717) is 16.3 Å². The number of carbonyl (C=O) groups is 2. The molecule has 3 aromatic carbocycles. The van der Waals surface area contributed by atoms with Crippen LogP contribution in [0.25, 0.3) is 0 Å². The minimum absolute atomic E-state index is 0.0350. The third-order valence-electron chi connectivity index (χ3n) is 6.34. The van der Waals surface area contributed by atoms with E-state index in [1.54, 1.807) is 36.4 Å². The van der Waals surface area contributed by atoms with Gasteiger partial charge in [0.25, 0.3) is 0 Å². The summed E-state index contributed by atoms with van der Waals surface area (Å²) in [6.07, 6.45) is 1.31. The lowest BCUT2D eigenvalue weighted by Gasteiger charge is -2.33. The predicted molar refractivity (Wildman–Crippen MR) is 153 cm³/mol. The van der Waals surface area contributed by atoms with E-state index in [0.717, 1.165) is 21.7 Å². The van der Waals surface area contributed by atoms with Gasteiger partial charge in [-0.15, -0.1) is 0 Å². The Balaban J connectivity index is 2.02. The lowest BCUT2D eigenvalue weighted by atomic mass is 10.0. The second kappa shape index (κ2) is 12.9. The highest BCUT2D eigenvalue weighted by atomic mass is 35.5. The van der Waals surface area contributed by atoms with E-state index in [2.05, 4.69) is 5.32 Å². The van der Waals surface area contributed by atoms with E-state index < -0.39 is 28.5 Å². The Morgan fingerprint density at radius 1 is 0.921 bits per heavy atom. The van der Waals surface area contributed by atoms with Crippen molar-refractivity contribution in [2.75, 3.05) is 24.2 Å². The molecule has 0 saturated carbocycles. The van der Waals surface area contributed by atoms with E-state index in [1.807, 2.05) is 56.3 Å². The van der Waals surface area contributed by atoms with Crippen LogP contribution in [0.1, 0.15) is 36.5 Å². The third kappa shape index (κ3) is 7.58. The molecular formula is C29H34ClN3O4S. The van der Waals surface area contributed by atoms with Crippen molar-refractivity contribution >= 4 is 39.1 Å². The minimum Gasteiger partial charge on any atom is -0.357 e. The molecule has 3 aromatic rings. The monoisotopic (exact) mass is 555 g/mol. The second-order valence-electron chi connectivity index (χ2n) is 9.45. The van der Waals surface area contributed by atoms with Crippen LogP contribution in [-0.4, -0.2) is 51.0 Å². The number of anilines is 1. The van der Waals surface area contributed by atoms with Crippen molar-refractivity contribution < 1.29 is 18.0 Å². The smallest absolute Gasteiger partial charge is 0.244 e. The summed E-state index contributed by atoms with van der Waals surface area (Å²) in [6, 6.07) is 22.7. The molecule has 0 heterocycles. The SMILES string of the molecule is CNC(=O)[C@@H](Cc1ccccc1)N(Cc1ccccc1Cl)C(=O)CN(c1ccc(C(C)C)cc1)S(C)(=O)=O. The molecule has 0 aliphatic rings. The lowest BCUT2D eigenvalue weighted by Crippen LogP contribution is -2.52. The maximum Gasteiger partial charge on any atom is 0.244 e. The first-order chi connectivity index (χ1) is 18.0. The molecular weight excluding hydrogens is 522 g/mol. The van der Waals surface area contributed by atoms with Crippen molar-refractivity contribution in [1.29, 1.82) is 0 Å². The number of halogens is 1. The molecule has 9 heteroatoms. The highest BCUT2D eigenvalue weighted by Gasteiger charge is 2.33. The minimum atomic E-state index is -3.81. The first-order valence-electron chi connectivity index (χ1n) is 12.4. The van der Waals surface area contributed by atoms with Gasteiger partial charge in [-0.25, -0.2) is 8.42 Å². The van der Waals surface area contributed by atoms with Gasteiger partial charge in [0.05, 0.1) is 11.9 Å². The fourth-order valence-electron chi connectivity index (χ4n) is 4.17. The van der Waals surface area contributed by atoms with Gasteiger partial charge in [0.15, 0.2) is 0 Å². The van der Waals surface area contributed by atoms with Crippen molar-refractivity contribution in [3.05, 3.63) is 101 Å². The summed E-state index contributed by atoms with van der Waals surface area (Å²) in [5.41, 5.74) is 2.94. The van der Waals surface area contributed by atoms with E-state index in [9.17, 15) is 18.0 Å². The Morgan fingerprint density at radius 3 is 2.08 bits per heavy atom. The summed E-state index contributed by atoms with van der Waals surface area (Å²) in [5, 5.41) is 3.10. The zero-order valence-electron chi connectivity index (χ0n) is 22.1. The van der Waals surface area contributed by atoms with E-state index in [4.69, 9.17) is 11.6 Å². The van der Waals surface area contributed by atoms with Gasteiger partial charge in [0.2, 0.25) is 21.8 Å². The average molecular weight is 556 g/mol. The van der Waals surface area contributed by atoms with Crippen molar-refractivity contribution in [2.45, 2.75) is 38.8 Å². The summed E-state index contributed by atoms with van der Waals surface area (Å²) in [7, 11) is -2.30. The van der Waals surface area contributed by atoms with Crippen LogP contribution in [0.4, 0.5) is 5.69 Å². The molecule has 0 bridgehead atoms. The predicted octanol–water partition coefficient (Wildman–Crippen LogP) is 4.62. The van der Waals surface area contributed by atoms with Gasteiger partial charge in [-0.2, -0.15) is 0 Å². The number of nitrogens with zero attached hydrogens (tertiary/aromatic N) is 2. The van der Waals surface area contributed by atoms with Crippen molar-refractivity contribution in [3.8, 4) is 0 Å². The number of hydrogen-bond donors (Lipinski definition) is 1. The molecule has 0 unspecified atom stereocenters. The molecule has 202 valence electrons. The molecule has 0 aliphatic carbocycles. The molecule has 0 aliphatic heterocycles. The maximum absolute atomic E-state index is 13.9. The van der Waals surface area contributed by atoms with Gasteiger partial charge >= 0.3 is 0 Å². The number of benzene rings is 3. The summed E-state index contributed by atoms with van der Waals surface area (Å²) >= 11 is 6.42. The van der Waals surface area contributed by atoms with Crippen LogP contribution in [0, 0.1) is 0 Å². The standard InChI is InChI=1S/C29H34ClN3O4S/c1-21(2)23-14-16-25(17-15-23)33(38(4,36)37)20-28(34)32(19-24-12-8-9-13-26(24)30)27(29(35)31-3)18-22-10-6-5-7-11-22/h5-17,21,27H,18-20H2,1-4H3,(H,31,35)/t27-/m1/s1. The molecule has 38 heavy (non-hydrogen) atoms. The molecule has 2 amide bonds. The molecule has 0 fully saturated rings. The number of sulfonamides is 1. The number of carbonyl (C=O) groups excluding carboxylic acids is 2. The summed E-state index contributed by atoms with van der Waals surface area (Å²) in [4.78, 5) is 28.4. The highest BCUT2D eigenvalue weighted by Crippen LogP contribution is 2.24. The van der Waals surface area contributed by atoms with Crippen LogP contribution in [0.2, 0.25) is 5.02 Å². The van der Waals surface area contributed by atoms with Gasteiger partial charge in [-0.3, -0.25) is 13.9 Å². The average Bonchev–Trinajstić information content (AvgIpc) is 2.89. The van der Waals surface area contributed by atoms with Gasteiger partial charge in [-0.1, -0.05) is 86.1 Å². The van der Waals surface area contributed by atoms with Gasteiger partial charge in [-0.05, 0) is 40.8 Å². The van der Waals surface area contributed by atoms with E-state index >= 15 is 0 Å². The lowest BCUT2D eigenvalue weighted by molar-refractivity contribution is -0.139. The largest absolute Gasteiger partial charge is 0.357 e. The van der Waals surface area contributed by atoms with Gasteiger partial charge < -0.3 is 10.2 Å². The molecule has 0 saturated heterocycles. The van der Waals surface area contributed by atoms with Crippen LogP contribution < -0.4 is 9.62 Å². The van der Waals surface area contributed by atoms with Gasteiger partial charge in [0, 0.05) is 25.0 Å². The molecule has 0 spiro atoms. The molecule has 1 atom stereocenters. The summed E-state index contributed by atoms with van der Waals surface area (Å²) in [6.45, 7) is 3.66. The quantitative estimate of drug-likeness (QED) is 0.374. The maximum atomic E-state index is 13.9. The summed E-state index contributed by atoms with van der Waals surface area (Å²) < 4.78 is 26.7. The number of rotatable bonds is 11. The Labute approximate surface area is 230 Å². The number of nitrogens with one attached hydrogen (secondary N) is 1. The first kappa shape index (κ1) is 29.2. The Kier molecular flexibility index (Phi) is 9.94. The number of hydrogen-bond acceptors (Lipinski definition) is 4. The van der Waals surface area contributed by atoms with Crippen LogP contribution in [-0.2, 0) is 32.6 Å². The summed E-state index contributed by atoms with van der Waals surface area (Å²) in [5.74, 6) is -0.607. The van der Waals surface area contributed by atoms with Crippen molar-refractivity contribution in [2.24, 2.45) is 0 Å².